The summed E-state index contributed by atoms with van der Waals surface area (Å²) in [6, 6.07) is -0.821. The van der Waals surface area contributed by atoms with Gasteiger partial charge in [0.05, 0.1) is 5.92 Å². The van der Waals surface area contributed by atoms with E-state index in [1.165, 1.54) is 0 Å². The van der Waals surface area contributed by atoms with Crippen LogP contribution in [0.3, 0.4) is 0 Å². The van der Waals surface area contributed by atoms with Crippen LogP contribution in [0.25, 0.3) is 0 Å². The summed E-state index contributed by atoms with van der Waals surface area (Å²) in [5.74, 6) is -2.48. The van der Waals surface area contributed by atoms with Crippen molar-refractivity contribution < 1.29 is 23.1 Å². The molecule has 1 heterocycles. The lowest BCUT2D eigenvalue weighted by molar-refractivity contribution is -0.181. The highest BCUT2D eigenvalue weighted by Crippen LogP contribution is 2.31. The summed E-state index contributed by atoms with van der Waals surface area (Å²) >= 11 is 0. The fourth-order valence-corrected chi connectivity index (χ4v) is 1.35. The topological polar surface area (TPSA) is 49.3 Å². The molecule has 1 saturated heterocycles. The molecule has 0 aliphatic carbocycles. The third-order valence-electron chi connectivity index (χ3n) is 2.18. The first-order valence-electron chi connectivity index (χ1n) is 3.94. The van der Waals surface area contributed by atoms with Gasteiger partial charge in [-0.3, -0.25) is 4.79 Å². The van der Waals surface area contributed by atoms with Gasteiger partial charge in [-0.1, -0.05) is 0 Å². The molecular weight excluding hydrogens is 223 g/mol. The first kappa shape index (κ1) is 13.5. The normalized spacial score (nSPS) is 27.9. The molecule has 7 heteroatoms. The van der Waals surface area contributed by atoms with Gasteiger partial charge in [0.15, 0.2) is 0 Å². The number of carbonyl (C=O) groups is 1. The Morgan fingerprint density at radius 3 is 2.21 bits per heavy atom. The highest BCUT2D eigenvalue weighted by Gasteiger charge is 2.42. The van der Waals surface area contributed by atoms with E-state index in [-0.39, 0.29) is 31.8 Å². The Morgan fingerprint density at radius 2 is 1.93 bits per heavy atom. The Labute approximate surface area is 85.1 Å². The van der Waals surface area contributed by atoms with Gasteiger partial charge in [0.1, 0.15) is 6.04 Å². The lowest BCUT2D eigenvalue weighted by atomic mass is 9.94. The van der Waals surface area contributed by atoms with E-state index in [0.29, 0.717) is 0 Å². The molecule has 0 saturated carbocycles. The van der Waals surface area contributed by atoms with E-state index >= 15 is 0 Å². The van der Waals surface area contributed by atoms with Crippen LogP contribution in [-0.4, -0.2) is 29.8 Å². The van der Waals surface area contributed by atoms with Crippen molar-refractivity contribution in [1.82, 2.24) is 5.32 Å². The van der Waals surface area contributed by atoms with Crippen LogP contribution in [0.2, 0.25) is 0 Å². The van der Waals surface area contributed by atoms with Crippen molar-refractivity contribution >= 4 is 18.4 Å². The summed E-state index contributed by atoms with van der Waals surface area (Å²) < 4.78 is 36.2. The maximum Gasteiger partial charge on any atom is 0.393 e. The van der Waals surface area contributed by atoms with Crippen LogP contribution in [0.15, 0.2) is 0 Å². The molecule has 0 aromatic carbocycles. The fraction of sp³-hybridized carbons (Fsp3) is 0.857. The number of nitrogens with one attached hydrogen (secondary N) is 1. The molecule has 0 radical (unpaired) electrons. The molecule has 0 aromatic heterocycles. The van der Waals surface area contributed by atoms with Crippen LogP contribution in [0, 0.1) is 5.92 Å². The zero-order chi connectivity index (χ0) is 10.1. The van der Waals surface area contributed by atoms with Crippen molar-refractivity contribution in [3.05, 3.63) is 0 Å². The van der Waals surface area contributed by atoms with Gasteiger partial charge < -0.3 is 10.4 Å². The first-order valence-corrected chi connectivity index (χ1v) is 3.94. The second-order valence-corrected chi connectivity index (χ2v) is 3.11. The third kappa shape index (κ3) is 3.34. The van der Waals surface area contributed by atoms with Gasteiger partial charge in [-0.2, -0.15) is 13.2 Å². The quantitative estimate of drug-likeness (QED) is 0.720. The van der Waals surface area contributed by atoms with Gasteiger partial charge in [-0.15, -0.1) is 12.4 Å². The number of carboxylic acids is 1. The van der Waals surface area contributed by atoms with Gasteiger partial charge in [0, 0.05) is 6.54 Å². The summed E-state index contributed by atoms with van der Waals surface area (Å²) in [5, 5.41) is 10.8. The molecule has 0 aromatic rings. The van der Waals surface area contributed by atoms with Gasteiger partial charge in [0.25, 0.3) is 0 Å². The molecule has 1 fully saturated rings. The number of hydrogen-bond donors (Lipinski definition) is 2. The van der Waals surface area contributed by atoms with Crippen LogP contribution < -0.4 is 5.32 Å². The minimum absolute atomic E-state index is 0. The molecule has 0 unspecified atom stereocenters. The molecule has 14 heavy (non-hydrogen) atoms. The van der Waals surface area contributed by atoms with Gasteiger partial charge in [-0.05, 0) is 12.8 Å². The van der Waals surface area contributed by atoms with E-state index in [0.717, 1.165) is 0 Å². The molecule has 1 rings (SSSR count). The molecule has 0 amide bonds. The summed E-state index contributed by atoms with van der Waals surface area (Å²) in [6.07, 6.45) is -4.27. The van der Waals surface area contributed by atoms with Crippen molar-refractivity contribution in [3.8, 4) is 0 Å². The summed E-state index contributed by atoms with van der Waals surface area (Å²) in [4.78, 5) is 10.4. The van der Waals surface area contributed by atoms with Crippen molar-refractivity contribution in [3.63, 3.8) is 0 Å². The smallest absolute Gasteiger partial charge is 0.393 e. The van der Waals surface area contributed by atoms with Crippen molar-refractivity contribution in [2.45, 2.75) is 25.1 Å². The highest BCUT2D eigenvalue weighted by molar-refractivity contribution is 5.85. The summed E-state index contributed by atoms with van der Waals surface area (Å²) in [7, 11) is 0. The number of hydrogen-bond acceptors (Lipinski definition) is 2. The number of piperidine rings is 1. The largest absolute Gasteiger partial charge is 0.480 e. The van der Waals surface area contributed by atoms with Gasteiger partial charge in [0.2, 0.25) is 0 Å². The number of carboxylic acid groups (broad SMARTS) is 1. The maximum atomic E-state index is 12.1. The predicted octanol–water partition coefficient (Wildman–Crippen LogP) is 1.42. The molecule has 0 spiro atoms. The molecule has 3 nitrogen and oxygen atoms in total. The SMILES string of the molecule is Cl.O=C(O)[C@@H]1CC[C@H](C(F)(F)F)CN1. The monoisotopic (exact) mass is 233 g/mol. The Bertz CT molecular complexity index is 202. The zero-order valence-electron chi connectivity index (χ0n) is 7.17. The van der Waals surface area contributed by atoms with E-state index in [4.69, 9.17) is 5.11 Å². The zero-order valence-corrected chi connectivity index (χ0v) is 7.99. The molecule has 1 aliphatic heterocycles. The number of rotatable bonds is 1. The lowest BCUT2D eigenvalue weighted by Gasteiger charge is -2.28. The molecule has 1 aliphatic rings. The van der Waals surface area contributed by atoms with Crippen LogP contribution in [-0.2, 0) is 4.79 Å². The van der Waals surface area contributed by atoms with Crippen molar-refractivity contribution in [1.29, 1.82) is 0 Å². The van der Waals surface area contributed by atoms with Crippen LogP contribution >= 0.6 is 12.4 Å². The van der Waals surface area contributed by atoms with Crippen molar-refractivity contribution in [2.24, 2.45) is 5.92 Å². The molecule has 0 bridgehead atoms. The third-order valence-corrected chi connectivity index (χ3v) is 2.18. The van der Waals surface area contributed by atoms with Crippen LogP contribution in [0.1, 0.15) is 12.8 Å². The standard InChI is InChI=1S/C7H10F3NO2.ClH/c8-7(9,10)4-1-2-5(6(12)13)11-3-4;/h4-5,11H,1-3H2,(H,12,13);1H/t4-,5-;/m0./s1. The van der Waals surface area contributed by atoms with E-state index < -0.39 is 24.1 Å². The van der Waals surface area contributed by atoms with Crippen LogP contribution in [0.5, 0.6) is 0 Å². The fourth-order valence-electron chi connectivity index (χ4n) is 1.35. The minimum atomic E-state index is -4.21. The highest BCUT2D eigenvalue weighted by atomic mass is 35.5. The minimum Gasteiger partial charge on any atom is -0.480 e. The Kier molecular flexibility index (Phi) is 4.67. The van der Waals surface area contributed by atoms with E-state index in [1.54, 1.807) is 0 Å². The summed E-state index contributed by atoms with van der Waals surface area (Å²) in [5.41, 5.74) is 0. The lowest BCUT2D eigenvalue weighted by Crippen LogP contribution is -2.47. The molecule has 2 N–H and O–H groups in total. The van der Waals surface area contributed by atoms with Crippen molar-refractivity contribution in [2.75, 3.05) is 6.54 Å². The predicted molar refractivity (Wildman–Crippen MR) is 45.5 cm³/mol. The Balaban J connectivity index is 0.00000169. The molecule has 84 valence electrons. The Hall–Kier alpha value is -0.490. The first-order chi connectivity index (χ1) is 5.91. The molecular formula is C7H11ClF3NO2. The van der Waals surface area contributed by atoms with E-state index in [2.05, 4.69) is 5.32 Å². The number of alkyl halides is 3. The van der Waals surface area contributed by atoms with E-state index in [9.17, 15) is 18.0 Å². The van der Waals surface area contributed by atoms with E-state index in [1.807, 2.05) is 0 Å². The number of aliphatic carboxylic acids is 1. The number of halogens is 4. The van der Waals surface area contributed by atoms with Gasteiger partial charge in [-0.25, -0.2) is 0 Å². The maximum absolute atomic E-state index is 12.1. The average molecular weight is 234 g/mol. The summed E-state index contributed by atoms with van der Waals surface area (Å²) in [6.45, 7) is -0.291. The Morgan fingerprint density at radius 1 is 1.36 bits per heavy atom. The average Bonchev–Trinajstić information content (AvgIpc) is 2.03. The van der Waals surface area contributed by atoms with Crippen LogP contribution in [0.4, 0.5) is 13.2 Å². The molecule has 2 atom stereocenters. The second kappa shape index (κ2) is 4.84. The second-order valence-electron chi connectivity index (χ2n) is 3.11. The van der Waals surface area contributed by atoms with Gasteiger partial charge >= 0.3 is 12.1 Å².